The number of hydrogen-bond acceptors (Lipinski definition) is 2. The van der Waals surface area contributed by atoms with E-state index in [2.05, 4.69) is 0 Å². The Labute approximate surface area is 113 Å². The van der Waals surface area contributed by atoms with Gasteiger partial charge in [-0.2, -0.15) is 0 Å². The molecule has 1 N–H and O–H groups in total. The Hall–Kier alpha value is 0.126. The van der Waals surface area contributed by atoms with Gasteiger partial charge >= 0.3 is 5.97 Å². The third kappa shape index (κ3) is 2.88. The number of hydrogen-bond donors (Lipinski definition) is 1. The Bertz CT molecular complexity index is 273. The van der Waals surface area contributed by atoms with Gasteiger partial charge in [0.15, 0.2) is 0 Å². The van der Waals surface area contributed by atoms with Crippen molar-refractivity contribution in [3.63, 3.8) is 0 Å². The second-order valence-electron chi connectivity index (χ2n) is 2.01. The summed E-state index contributed by atoms with van der Waals surface area (Å²) in [7, 11) is 1.45. The SMILES string of the molecule is COc1ccccc1C(=O)O.[K]. The molecule has 1 aromatic rings. The van der Waals surface area contributed by atoms with Crippen molar-refractivity contribution in [2.75, 3.05) is 7.11 Å². The van der Waals surface area contributed by atoms with E-state index >= 15 is 0 Å². The predicted octanol–water partition coefficient (Wildman–Crippen LogP) is 1.01. The van der Waals surface area contributed by atoms with Crippen molar-refractivity contribution in [1.82, 2.24) is 0 Å². The van der Waals surface area contributed by atoms with Crippen LogP contribution in [0.3, 0.4) is 0 Å². The summed E-state index contributed by atoms with van der Waals surface area (Å²) in [4.78, 5) is 10.5. The van der Waals surface area contributed by atoms with Gasteiger partial charge in [-0.3, -0.25) is 0 Å². The number of rotatable bonds is 2. The van der Waals surface area contributed by atoms with Crippen LogP contribution in [0, 0.1) is 0 Å². The fourth-order valence-corrected chi connectivity index (χ4v) is 0.821. The van der Waals surface area contributed by atoms with E-state index in [0.717, 1.165) is 0 Å². The maximum atomic E-state index is 10.5. The van der Waals surface area contributed by atoms with Gasteiger partial charge in [-0.1, -0.05) is 12.1 Å². The van der Waals surface area contributed by atoms with E-state index in [9.17, 15) is 4.79 Å². The molecule has 0 saturated carbocycles. The number of ether oxygens (including phenoxy) is 1. The van der Waals surface area contributed by atoms with E-state index in [-0.39, 0.29) is 56.9 Å². The number of para-hydroxylation sites is 1. The molecule has 0 aliphatic rings. The molecule has 4 heteroatoms. The molecular formula is C8H8KO3. The van der Waals surface area contributed by atoms with Crippen LogP contribution in [0.15, 0.2) is 24.3 Å². The minimum Gasteiger partial charge on any atom is -0.496 e. The summed E-state index contributed by atoms with van der Waals surface area (Å²) in [5.41, 5.74) is 0.190. The summed E-state index contributed by atoms with van der Waals surface area (Å²) in [6.45, 7) is 0. The van der Waals surface area contributed by atoms with Gasteiger partial charge in [0.25, 0.3) is 0 Å². The molecule has 59 valence electrons. The first kappa shape index (κ1) is 12.1. The van der Waals surface area contributed by atoms with E-state index < -0.39 is 5.97 Å². The average Bonchev–Trinajstić information content (AvgIpc) is 2.04. The number of carbonyl (C=O) groups is 1. The molecule has 0 aliphatic carbocycles. The summed E-state index contributed by atoms with van der Waals surface area (Å²) >= 11 is 0. The second kappa shape index (κ2) is 5.72. The van der Waals surface area contributed by atoms with Crippen molar-refractivity contribution in [3.05, 3.63) is 29.8 Å². The Morgan fingerprint density at radius 1 is 1.42 bits per heavy atom. The summed E-state index contributed by atoms with van der Waals surface area (Å²) in [5, 5.41) is 8.62. The smallest absolute Gasteiger partial charge is 0.339 e. The largest absolute Gasteiger partial charge is 0.496 e. The molecule has 12 heavy (non-hydrogen) atoms. The van der Waals surface area contributed by atoms with Crippen LogP contribution in [-0.2, 0) is 0 Å². The maximum absolute atomic E-state index is 10.5. The van der Waals surface area contributed by atoms with Crippen molar-refractivity contribution in [3.8, 4) is 5.75 Å². The van der Waals surface area contributed by atoms with Crippen LogP contribution in [0.5, 0.6) is 5.75 Å². The zero-order chi connectivity index (χ0) is 8.27. The molecule has 1 aromatic carbocycles. The van der Waals surface area contributed by atoms with E-state index in [1.807, 2.05) is 0 Å². The number of benzene rings is 1. The molecule has 0 aliphatic heterocycles. The minimum atomic E-state index is -0.970. The zero-order valence-electron chi connectivity index (χ0n) is 7.07. The van der Waals surface area contributed by atoms with Gasteiger partial charge in [0.05, 0.1) is 7.11 Å². The van der Waals surface area contributed by atoms with Crippen molar-refractivity contribution in [2.24, 2.45) is 0 Å². The Morgan fingerprint density at radius 2 is 2.00 bits per heavy atom. The summed E-state index contributed by atoms with van der Waals surface area (Å²) in [5.74, 6) is -0.581. The van der Waals surface area contributed by atoms with Crippen molar-refractivity contribution >= 4 is 57.4 Å². The molecular weight excluding hydrogens is 183 g/mol. The topological polar surface area (TPSA) is 46.5 Å². The molecule has 0 atom stereocenters. The van der Waals surface area contributed by atoms with Crippen molar-refractivity contribution < 1.29 is 14.6 Å². The molecule has 0 bridgehead atoms. The quantitative estimate of drug-likeness (QED) is 0.710. The molecule has 3 nitrogen and oxygen atoms in total. The first-order valence-corrected chi connectivity index (χ1v) is 3.12. The Kier molecular flexibility index (Phi) is 5.78. The second-order valence-corrected chi connectivity index (χ2v) is 2.01. The monoisotopic (exact) mass is 191 g/mol. The fourth-order valence-electron chi connectivity index (χ4n) is 0.821. The standard InChI is InChI=1S/C8H8O3.K/c1-11-7-5-3-2-4-6(7)8(9)10;/h2-5H,1H3,(H,9,10);. The van der Waals surface area contributed by atoms with E-state index in [0.29, 0.717) is 5.75 Å². The Morgan fingerprint density at radius 3 is 2.42 bits per heavy atom. The third-order valence-corrected chi connectivity index (χ3v) is 1.34. The number of carboxylic acids is 1. The summed E-state index contributed by atoms with van der Waals surface area (Å²) in [6, 6.07) is 6.50. The first-order valence-electron chi connectivity index (χ1n) is 3.12. The van der Waals surface area contributed by atoms with Gasteiger partial charge in [-0.15, -0.1) is 0 Å². The fraction of sp³-hybridized carbons (Fsp3) is 0.125. The van der Waals surface area contributed by atoms with E-state index in [1.54, 1.807) is 18.2 Å². The molecule has 0 unspecified atom stereocenters. The summed E-state index contributed by atoms with van der Waals surface area (Å²) < 4.78 is 4.83. The summed E-state index contributed by atoms with van der Waals surface area (Å²) in [6.07, 6.45) is 0. The predicted molar refractivity (Wildman–Crippen MR) is 45.7 cm³/mol. The van der Waals surface area contributed by atoms with Gasteiger partial charge < -0.3 is 9.84 Å². The molecule has 1 rings (SSSR count). The van der Waals surface area contributed by atoms with Crippen LogP contribution in [0.2, 0.25) is 0 Å². The van der Waals surface area contributed by atoms with Crippen LogP contribution in [0.1, 0.15) is 10.4 Å². The molecule has 0 saturated heterocycles. The Balaban J connectivity index is 0.00000121. The van der Waals surface area contributed by atoms with Crippen LogP contribution in [0.4, 0.5) is 0 Å². The maximum Gasteiger partial charge on any atom is 0.339 e. The first-order chi connectivity index (χ1) is 5.25. The van der Waals surface area contributed by atoms with Gasteiger partial charge in [-0.05, 0) is 12.1 Å². The third-order valence-electron chi connectivity index (χ3n) is 1.34. The minimum absolute atomic E-state index is 0. The average molecular weight is 191 g/mol. The molecule has 0 amide bonds. The number of carboxylic acid groups (broad SMARTS) is 1. The van der Waals surface area contributed by atoms with Crippen molar-refractivity contribution in [2.45, 2.75) is 0 Å². The van der Waals surface area contributed by atoms with E-state index in [4.69, 9.17) is 9.84 Å². The van der Waals surface area contributed by atoms with Crippen LogP contribution in [0.25, 0.3) is 0 Å². The van der Waals surface area contributed by atoms with E-state index in [1.165, 1.54) is 13.2 Å². The van der Waals surface area contributed by atoms with Gasteiger partial charge in [-0.25, -0.2) is 4.79 Å². The molecule has 0 aromatic heterocycles. The van der Waals surface area contributed by atoms with Crippen LogP contribution in [-0.4, -0.2) is 69.6 Å². The molecule has 1 radical (unpaired) electrons. The number of methoxy groups -OCH3 is 1. The van der Waals surface area contributed by atoms with Crippen molar-refractivity contribution in [1.29, 1.82) is 0 Å². The molecule has 0 spiro atoms. The zero-order valence-corrected chi connectivity index (χ0v) is 10.2. The van der Waals surface area contributed by atoms with Crippen LogP contribution < -0.4 is 4.74 Å². The molecule has 0 fully saturated rings. The molecule has 0 heterocycles. The van der Waals surface area contributed by atoms with Gasteiger partial charge in [0, 0.05) is 51.4 Å². The van der Waals surface area contributed by atoms with Gasteiger partial charge in [0.1, 0.15) is 11.3 Å². The van der Waals surface area contributed by atoms with Gasteiger partial charge in [0.2, 0.25) is 0 Å². The van der Waals surface area contributed by atoms with Crippen LogP contribution >= 0.6 is 0 Å². The normalized spacial score (nSPS) is 8.42. The number of aromatic carboxylic acids is 1.